The molecule has 0 aliphatic rings. The summed E-state index contributed by atoms with van der Waals surface area (Å²) in [5.74, 6) is -6.42. The third-order valence-corrected chi connectivity index (χ3v) is 15.3. The molecule has 29 heteroatoms. The number of unbranched alkanes of at least 4 members (excludes halogenated alkanes) is 1. The first kappa shape index (κ1) is 66.4. The summed E-state index contributed by atoms with van der Waals surface area (Å²) in [6, 6.07) is -2.36. The predicted octanol–water partition coefficient (Wildman–Crippen LogP) is -1.15. The van der Waals surface area contributed by atoms with Crippen molar-refractivity contribution in [3.63, 3.8) is 0 Å². The quantitative estimate of drug-likeness (QED) is 0.0236. The third kappa shape index (κ3) is 22.1. The van der Waals surface area contributed by atoms with E-state index in [-0.39, 0.29) is 67.1 Å². The Morgan fingerprint density at radius 1 is 0.750 bits per heavy atom. The van der Waals surface area contributed by atoms with Crippen molar-refractivity contribution in [1.82, 2.24) is 62.5 Å². The number of amides is 7. The van der Waals surface area contributed by atoms with Gasteiger partial charge in [0.15, 0.2) is 0 Å². The second-order valence-electron chi connectivity index (χ2n) is 19.8. The number of hydrogen-bond acceptors (Lipinski definition) is 22. The number of nitrogens with one attached hydrogen (secondary N) is 8. The van der Waals surface area contributed by atoms with E-state index >= 15 is 0 Å². The molecule has 4 aromatic rings. The SMILES string of the molecule is Cc1c(N)nc([C@H](CC(N)=O)NC[C@H](N)C(N)=O)nc1C(=O)N[C@@H](Cc1cccs1)C(=O)N[C@H](CC(C)C)[C@@H](O)[C@H](C)C(=O)N[C@H](C(=O)NCCc1nc(-c2nc(C(=O)NCCCNCCCCNCCCN)cs2)cs1)[C@@H](C)O. The summed E-state index contributed by atoms with van der Waals surface area (Å²) in [4.78, 5) is 111. The normalized spacial score (nSPS) is 14.5. The molecule has 0 saturated heterocycles. The number of aromatic nitrogens is 4. The molecule has 442 valence electrons. The van der Waals surface area contributed by atoms with Crippen molar-refractivity contribution in [2.24, 2.45) is 34.8 Å². The predicted molar refractivity (Wildman–Crippen MR) is 308 cm³/mol. The number of carbonyl (C=O) groups excluding carboxylic acids is 7. The molecule has 4 aromatic heterocycles. The molecular weight excluding hydrogens is 1090 g/mol. The minimum atomic E-state index is -1.52. The van der Waals surface area contributed by atoms with E-state index in [1.807, 2.05) is 19.2 Å². The van der Waals surface area contributed by atoms with Gasteiger partial charge in [-0.25, -0.2) is 19.9 Å². The van der Waals surface area contributed by atoms with Crippen molar-refractivity contribution >= 4 is 81.2 Å². The summed E-state index contributed by atoms with van der Waals surface area (Å²) in [6.07, 6.45) is 1.18. The van der Waals surface area contributed by atoms with E-state index in [2.05, 4.69) is 62.5 Å². The van der Waals surface area contributed by atoms with Gasteiger partial charge in [0, 0.05) is 60.1 Å². The van der Waals surface area contributed by atoms with Crippen molar-refractivity contribution in [3.8, 4) is 10.7 Å². The summed E-state index contributed by atoms with van der Waals surface area (Å²) in [7, 11) is 0. The topological polar surface area (TPSA) is 438 Å². The molecule has 0 radical (unpaired) electrons. The molecule has 0 aliphatic carbocycles. The summed E-state index contributed by atoms with van der Waals surface area (Å²) < 4.78 is 0. The molecule has 0 fully saturated rings. The first-order chi connectivity index (χ1) is 38.1. The zero-order valence-corrected chi connectivity index (χ0v) is 48.5. The highest BCUT2D eigenvalue weighted by atomic mass is 32.1. The standard InChI is InChI=1S/C51H81N17O9S3/c1-27(2)21-33(63-48(75)35(22-31-11-8-20-78-31)64-50(77)40-28(3)43(55)68-45(66-40)34(23-38(54)70)61-24-32(53)44(56)72)42(71)29(4)46(73)67-41(30(5)69)49(76)60-19-12-39-62-37(26-79-39)51-65-36(25-80-51)47(74)59-18-10-17-58-15-7-6-14-57-16-9-13-52/h8,11,20,25-27,29-30,32-35,41-42,57-58,61,69,71H,6-7,9-10,12-19,21-24,52-53H2,1-5H3,(H2,54,70)(H2,56,72)(H,59,74)(H,60,76)(H,63,75)(H,64,77)(H,67,73)(H2,55,66,68)/t29-,30+,32-,33+,34-,35-,41-,42-/m0/s1. The average Bonchev–Trinajstić information content (AvgIpc) is 4.23. The van der Waals surface area contributed by atoms with Gasteiger partial charge in [-0.05, 0) is 96.0 Å². The van der Waals surface area contributed by atoms with Crippen molar-refractivity contribution in [2.75, 3.05) is 58.1 Å². The maximum Gasteiger partial charge on any atom is 0.271 e. The lowest BCUT2D eigenvalue weighted by Gasteiger charge is -2.32. The van der Waals surface area contributed by atoms with E-state index in [4.69, 9.17) is 28.7 Å². The molecule has 0 aliphatic heterocycles. The lowest BCUT2D eigenvalue weighted by molar-refractivity contribution is -0.136. The zero-order valence-electron chi connectivity index (χ0n) is 46.0. The van der Waals surface area contributed by atoms with Crippen LogP contribution >= 0.6 is 34.0 Å². The van der Waals surface area contributed by atoms with Gasteiger partial charge in [-0.3, -0.25) is 33.6 Å². The van der Waals surface area contributed by atoms with Crippen LogP contribution in [0.25, 0.3) is 10.7 Å². The second kappa shape index (κ2) is 34.2. The maximum atomic E-state index is 14.3. The summed E-state index contributed by atoms with van der Waals surface area (Å²) >= 11 is 3.98. The van der Waals surface area contributed by atoms with Gasteiger partial charge in [0.25, 0.3) is 11.8 Å². The number of nitrogens with two attached hydrogens (primary N) is 5. The Labute approximate surface area is 478 Å². The van der Waals surface area contributed by atoms with Gasteiger partial charge in [0.05, 0.1) is 41.3 Å². The number of rotatable bonds is 38. The van der Waals surface area contributed by atoms with Gasteiger partial charge in [0.1, 0.15) is 45.8 Å². The van der Waals surface area contributed by atoms with Crippen LogP contribution in [-0.2, 0) is 36.8 Å². The molecule has 0 bridgehead atoms. The molecule has 0 spiro atoms. The van der Waals surface area contributed by atoms with Crippen LogP contribution in [0.3, 0.4) is 0 Å². The molecule has 26 nitrogen and oxygen atoms in total. The van der Waals surface area contributed by atoms with Crippen LogP contribution in [0.2, 0.25) is 0 Å². The van der Waals surface area contributed by atoms with E-state index in [0.29, 0.717) is 40.9 Å². The van der Waals surface area contributed by atoms with Gasteiger partial charge in [-0.15, -0.1) is 34.0 Å². The van der Waals surface area contributed by atoms with Gasteiger partial charge >= 0.3 is 0 Å². The van der Waals surface area contributed by atoms with Crippen LogP contribution in [0.5, 0.6) is 0 Å². The lowest BCUT2D eigenvalue weighted by atomic mass is 9.90. The third-order valence-electron chi connectivity index (χ3n) is 12.6. The maximum absolute atomic E-state index is 14.3. The van der Waals surface area contributed by atoms with Crippen LogP contribution in [0.1, 0.15) is 115 Å². The highest BCUT2D eigenvalue weighted by molar-refractivity contribution is 7.14. The minimum absolute atomic E-state index is 0.0101. The number of nitrogen functional groups attached to an aromatic ring is 1. The van der Waals surface area contributed by atoms with Crippen LogP contribution in [0, 0.1) is 18.8 Å². The zero-order chi connectivity index (χ0) is 58.9. The van der Waals surface area contributed by atoms with E-state index in [1.54, 1.807) is 22.9 Å². The van der Waals surface area contributed by atoms with Gasteiger partial charge < -0.3 is 81.4 Å². The molecule has 7 amide bonds. The number of aliphatic hydroxyl groups is 2. The van der Waals surface area contributed by atoms with Crippen LogP contribution in [0.15, 0.2) is 28.3 Å². The molecule has 80 heavy (non-hydrogen) atoms. The number of thiazole rings is 2. The Balaban J connectivity index is 1.34. The highest BCUT2D eigenvalue weighted by Crippen LogP contribution is 2.26. The fourth-order valence-corrected chi connectivity index (χ4v) is 10.4. The Hall–Kier alpha value is -6.15. The number of primary amides is 2. The Morgan fingerprint density at radius 2 is 1.45 bits per heavy atom. The molecular formula is C51H81N17O9S3. The van der Waals surface area contributed by atoms with Gasteiger partial charge in [0.2, 0.25) is 29.5 Å². The lowest BCUT2D eigenvalue weighted by Crippen LogP contribution is -2.58. The fourth-order valence-electron chi connectivity index (χ4n) is 7.99. The first-order valence-corrected chi connectivity index (χ1v) is 29.3. The number of hydrogen-bond donors (Lipinski definition) is 15. The van der Waals surface area contributed by atoms with Crippen LogP contribution in [-0.4, -0.2) is 160 Å². The van der Waals surface area contributed by atoms with Crippen molar-refractivity contribution < 1.29 is 43.8 Å². The molecule has 4 rings (SSSR count). The number of carbonyl (C=O) groups is 7. The molecule has 0 aromatic carbocycles. The van der Waals surface area contributed by atoms with Crippen LogP contribution < -0.4 is 71.2 Å². The molecule has 4 heterocycles. The Kier molecular flexibility index (Phi) is 28.4. The fraction of sp³-hybridized carbons (Fsp3) is 0.588. The Bertz CT molecular complexity index is 2620. The summed E-state index contributed by atoms with van der Waals surface area (Å²) in [6.45, 7) is 12.7. The average molecular weight is 1170 g/mol. The second-order valence-corrected chi connectivity index (χ2v) is 22.6. The number of anilines is 1. The number of thiophene rings is 1. The molecule has 0 unspecified atom stereocenters. The molecule has 20 N–H and O–H groups in total. The molecule has 0 saturated carbocycles. The van der Waals surface area contributed by atoms with E-state index < -0.39 is 83.8 Å². The summed E-state index contributed by atoms with van der Waals surface area (Å²) in [5, 5.41) is 52.4. The monoisotopic (exact) mass is 1170 g/mol. The van der Waals surface area contributed by atoms with Crippen molar-refractivity contribution in [2.45, 2.75) is 128 Å². The van der Waals surface area contributed by atoms with Gasteiger partial charge in [-0.1, -0.05) is 26.8 Å². The van der Waals surface area contributed by atoms with Crippen molar-refractivity contribution in [1.29, 1.82) is 0 Å². The smallest absolute Gasteiger partial charge is 0.271 e. The van der Waals surface area contributed by atoms with Crippen molar-refractivity contribution in [3.05, 3.63) is 60.9 Å². The summed E-state index contributed by atoms with van der Waals surface area (Å²) in [5.41, 5.74) is 29.1. The largest absolute Gasteiger partial charge is 0.391 e. The van der Waals surface area contributed by atoms with E-state index in [1.165, 1.54) is 54.8 Å². The number of nitrogens with zero attached hydrogens (tertiary/aromatic N) is 4. The molecule has 8 atom stereocenters. The van der Waals surface area contributed by atoms with Gasteiger partial charge in [-0.2, -0.15) is 0 Å². The minimum Gasteiger partial charge on any atom is -0.391 e. The highest BCUT2D eigenvalue weighted by Gasteiger charge is 2.36. The number of aliphatic hydroxyl groups excluding tert-OH is 2. The van der Waals surface area contributed by atoms with E-state index in [9.17, 15) is 43.8 Å². The van der Waals surface area contributed by atoms with E-state index in [0.717, 1.165) is 56.7 Å². The Morgan fingerprint density at radius 3 is 2.09 bits per heavy atom. The first-order valence-electron chi connectivity index (χ1n) is 26.7. The van der Waals surface area contributed by atoms with Crippen LogP contribution in [0.4, 0.5) is 5.82 Å².